The summed E-state index contributed by atoms with van der Waals surface area (Å²) in [6, 6.07) is 4.50. The summed E-state index contributed by atoms with van der Waals surface area (Å²) < 4.78 is 5.28. The topological polar surface area (TPSA) is 110 Å². The quantitative estimate of drug-likeness (QED) is 0.608. The van der Waals surface area contributed by atoms with Crippen molar-refractivity contribution in [2.75, 3.05) is 36.5 Å². The summed E-state index contributed by atoms with van der Waals surface area (Å²) >= 11 is 1.31. The molecule has 1 fully saturated rings. The molecule has 138 valence electrons. The Hall–Kier alpha value is -2.59. The molecule has 0 radical (unpaired) electrons. The van der Waals surface area contributed by atoms with E-state index in [4.69, 9.17) is 4.74 Å². The number of ether oxygens (including phenoxy) is 1. The van der Waals surface area contributed by atoms with Crippen LogP contribution in [0.2, 0.25) is 0 Å². The lowest BCUT2D eigenvalue weighted by Crippen LogP contribution is -2.36. The predicted molar refractivity (Wildman–Crippen MR) is 98.0 cm³/mol. The first-order valence-corrected chi connectivity index (χ1v) is 9.15. The Bertz CT molecular complexity index is 804. The second kappa shape index (κ2) is 8.19. The van der Waals surface area contributed by atoms with Crippen LogP contribution in [0.4, 0.5) is 16.5 Å². The molecule has 0 atom stereocenters. The van der Waals surface area contributed by atoms with E-state index in [-0.39, 0.29) is 11.3 Å². The summed E-state index contributed by atoms with van der Waals surface area (Å²) in [5.41, 5.74) is 0.612. The molecular formula is C16H19N5O4S. The van der Waals surface area contributed by atoms with Gasteiger partial charge < -0.3 is 9.64 Å². The van der Waals surface area contributed by atoms with E-state index in [1.54, 1.807) is 12.1 Å². The van der Waals surface area contributed by atoms with Gasteiger partial charge in [0.05, 0.1) is 18.1 Å². The fraction of sp³-hybridized carbons (Fsp3) is 0.438. The smallest absolute Gasteiger partial charge is 0.293 e. The molecule has 2 heterocycles. The maximum absolute atomic E-state index is 12.4. The molecule has 1 N–H and O–H groups in total. The third-order valence-electron chi connectivity index (χ3n) is 3.94. The number of nitrogens with one attached hydrogen (secondary N) is 1. The van der Waals surface area contributed by atoms with Crippen molar-refractivity contribution < 1.29 is 14.5 Å². The molecule has 0 saturated carbocycles. The van der Waals surface area contributed by atoms with E-state index in [0.29, 0.717) is 37.1 Å². The number of hydrogen-bond donors (Lipinski definition) is 1. The van der Waals surface area contributed by atoms with Crippen molar-refractivity contribution in [3.05, 3.63) is 38.9 Å². The van der Waals surface area contributed by atoms with E-state index in [2.05, 4.69) is 15.5 Å². The van der Waals surface area contributed by atoms with Crippen LogP contribution in [0.25, 0.3) is 0 Å². The van der Waals surface area contributed by atoms with E-state index >= 15 is 0 Å². The van der Waals surface area contributed by atoms with Crippen LogP contribution in [-0.2, 0) is 11.2 Å². The van der Waals surface area contributed by atoms with Gasteiger partial charge in [-0.15, -0.1) is 10.2 Å². The van der Waals surface area contributed by atoms with Crippen molar-refractivity contribution in [3.8, 4) is 0 Å². The zero-order valence-corrected chi connectivity index (χ0v) is 15.1. The minimum absolute atomic E-state index is 0.0940. The molecule has 1 aromatic carbocycles. The third-order valence-corrected chi connectivity index (χ3v) is 4.84. The fourth-order valence-electron chi connectivity index (χ4n) is 2.67. The Labute approximate surface area is 154 Å². The Morgan fingerprint density at radius 3 is 2.85 bits per heavy atom. The summed E-state index contributed by atoms with van der Waals surface area (Å²) in [6.07, 6.45) is 1.74. The lowest BCUT2D eigenvalue weighted by molar-refractivity contribution is -0.384. The number of benzene rings is 1. The maximum atomic E-state index is 12.4. The zero-order valence-electron chi connectivity index (χ0n) is 14.3. The lowest BCUT2D eigenvalue weighted by Gasteiger charge is -2.28. The summed E-state index contributed by atoms with van der Waals surface area (Å²) in [7, 11) is 0. The molecule has 1 aliphatic rings. The molecule has 2 aromatic rings. The maximum Gasteiger partial charge on any atom is 0.293 e. The number of nitro groups is 1. The molecule has 0 aliphatic carbocycles. The average Bonchev–Trinajstić information content (AvgIpc) is 3.09. The monoisotopic (exact) mass is 377 g/mol. The van der Waals surface area contributed by atoms with Crippen molar-refractivity contribution in [2.24, 2.45) is 0 Å². The molecule has 1 aromatic heterocycles. The van der Waals surface area contributed by atoms with Gasteiger partial charge in [-0.1, -0.05) is 18.3 Å². The molecule has 3 rings (SSSR count). The SMILES string of the molecule is CCCc1nnc(NC(=O)c2ccc(N3CCOCC3)c([N+](=O)[O-])c2)s1. The highest BCUT2D eigenvalue weighted by Gasteiger charge is 2.23. The normalized spacial score (nSPS) is 14.3. The highest BCUT2D eigenvalue weighted by Crippen LogP contribution is 2.30. The molecule has 10 heteroatoms. The van der Waals surface area contributed by atoms with Crippen LogP contribution in [0.15, 0.2) is 18.2 Å². The number of rotatable bonds is 6. The van der Waals surface area contributed by atoms with Crippen LogP contribution in [-0.4, -0.2) is 47.3 Å². The van der Waals surface area contributed by atoms with Crippen LogP contribution in [0.3, 0.4) is 0 Å². The van der Waals surface area contributed by atoms with Crippen LogP contribution in [0.5, 0.6) is 0 Å². The largest absolute Gasteiger partial charge is 0.378 e. The fourth-order valence-corrected chi connectivity index (χ4v) is 3.51. The minimum Gasteiger partial charge on any atom is -0.378 e. The standard InChI is InChI=1S/C16H19N5O4S/c1-2-3-14-18-19-16(26-14)17-15(22)11-4-5-12(13(10-11)21(23)24)20-6-8-25-9-7-20/h4-5,10H,2-3,6-9H2,1H3,(H,17,19,22). The number of hydrogen-bond acceptors (Lipinski definition) is 8. The summed E-state index contributed by atoms with van der Waals surface area (Å²) in [5.74, 6) is -0.444. The highest BCUT2D eigenvalue weighted by molar-refractivity contribution is 7.15. The number of carbonyl (C=O) groups excluding carboxylic acids is 1. The van der Waals surface area contributed by atoms with Gasteiger partial charge in [0.2, 0.25) is 5.13 Å². The van der Waals surface area contributed by atoms with Gasteiger partial charge in [0.1, 0.15) is 10.7 Å². The van der Waals surface area contributed by atoms with Gasteiger partial charge in [0.15, 0.2) is 0 Å². The minimum atomic E-state index is -0.466. The van der Waals surface area contributed by atoms with Crippen LogP contribution < -0.4 is 10.2 Å². The number of carbonyl (C=O) groups is 1. The van der Waals surface area contributed by atoms with Gasteiger partial charge in [0.25, 0.3) is 11.6 Å². The van der Waals surface area contributed by atoms with Crippen molar-refractivity contribution >= 4 is 33.8 Å². The second-order valence-electron chi connectivity index (χ2n) is 5.77. The molecule has 9 nitrogen and oxygen atoms in total. The van der Waals surface area contributed by atoms with Crippen LogP contribution in [0, 0.1) is 10.1 Å². The first-order valence-electron chi connectivity index (χ1n) is 8.33. The zero-order chi connectivity index (χ0) is 18.5. The Morgan fingerprint density at radius 2 is 2.15 bits per heavy atom. The third kappa shape index (κ3) is 4.14. The average molecular weight is 377 g/mol. The molecule has 1 aliphatic heterocycles. The van der Waals surface area contributed by atoms with Crippen LogP contribution in [0.1, 0.15) is 28.7 Å². The molecule has 26 heavy (non-hydrogen) atoms. The number of nitro benzene ring substituents is 1. The van der Waals surface area contributed by atoms with E-state index in [1.807, 2.05) is 11.8 Å². The van der Waals surface area contributed by atoms with Crippen molar-refractivity contribution in [3.63, 3.8) is 0 Å². The van der Waals surface area contributed by atoms with E-state index < -0.39 is 10.8 Å². The van der Waals surface area contributed by atoms with Crippen molar-refractivity contribution in [2.45, 2.75) is 19.8 Å². The molecule has 1 saturated heterocycles. The second-order valence-corrected chi connectivity index (χ2v) is 6.83. The Morgan fingerprint density at radius 1 is 1.38 bits per heavy atom. The Kier molecular flexibility index (Phi) is 5.74. The number of aryl methyl sites for hydroxylation is 1. The van der Waals surface area contributed by atoms with Gasteiger partial charge in [-0.3, -0.25) is 20.2 Å². The van der Waals surface area contributed by atoms with Gasteiger partial charge in [-0.25, -0.2) is 0 Å². The van der Waals surface area contributed by atoms with E-state index in [1.165, 1.54) is 17.4 Å². The molecule has 0 spiro atoms. The summed E-state index contributed by atoms with van der Waals surface area (Å²) in [5, 5.41) is 23.3. The number of aromatic nitrogens is 2. The van der Waals surface area contributed by atoms with Gasteiger partial charge in [-0.2, -0.15) is 0 Å². The molecule has 0 unspecified atom stereocenters. The van der Waals surface area contributed by atoms with E-state index in [0.717, 1.165) is 17.8 Å². The predicted octanol–water partition coefficient (Wildman–Crippen LogP) is 2.49. The van der Waals surface area contributed by atoms with Gasteiger partial charge in [-0.05, 0) is 18.6 Å². The van der Waals surface area contributed by atoms with E-state index in [9.17, 15) is 14.9 Å². The van der Waals surface area contributed by atoms with Gasteiger partial charge in [0, 0.05) is 31.1 Å². The van der Waals surface area contributed by atoms with Crippen molar-refractivity contribution in [1.29, 1.82) is 0 Å². The molecular weight excluding hydrogens is 358 g/mol. The first-order chi connectivity index (χ1) is 12.6. The van der Waals surface area contributed by atoms with Crippen LogP contribution >= 0.6 is 11.3 Å². The molecule has 0 bridgehead atoms. The number of anilines is 2. The number of amides is 1. The summed E-state index contributed by atoms with van der Waals surface area (Å²) in [4.78, 5) is 25.3. The lowest BCUT2D eigenvalue weighted by atomic mass is 10.1. The number of morpholine rings is 1. The number of nitrogens with zero attached hydrogens (tertiary/aromatic N) is 4. The summed E-state index contributed by atoms with van der Waals surface area (Å²) in [6.45, 7) is 4.25. The highest BCUT2D eigenvalue weighted by atomic mass is 32.1. The first kappa shape index (κ1) is 18.2. The Balaban J connectivity index is 1.79. The van der Waals surface area contributed by atoms with Crippen molar-refractivity contribution in [1.82, 2.24) is 10.2 Å². The molecule has 1 amide bonds. The van der Waals surface area contributed by atoms with Gasteiger partial charge >= 0.3 is 0 Å².